The number of carbonyl (C=O) groups excluding carboxylic acids is 1. The summed E-state index contributed by atoms with van der Waals surface area (Å²) in [6.07, 6.45) is -3.10. The molecular weight excluding hydrogens is 277 g/mol. The Balaban J connectivity index is 4.48. The van der Waals surface area contributed by atoms with Crippen molar-refractivity contribution in [3.05, 3.63) is 0 Å². The fourth-order valence-corrected chi connectivity index (χ4v) is 1.72. The Kier molecular flexibility index (Phi) is 8.02. The summed E-state index contributed by atoms with van der Waals surface area (Å²) in [4.78, 5) is 23.2. The Morgan fingerprint density at radius 2 is 1.85 bits per heavy atom. The van der Waals surface area contributed by atoms with E-state index in [1.54, 1.807) is 13.8 Å². The molecule has 0 spiro atoms. The first kappa shape index (κ1) is 18.5. The summed E-state index contributed by atoms with van der Waals surface area (Å²) >= 11 is 0. The van der Waals surface area contributed by atoms with Crippen molar-refractivity contribution >= 4 is 12.0 Å². The lowest BCUT2D eigenvalue weighted by atomic mass is 10.0. The van der Waals surface area contributed by atoms with Gasteiger partial charge in [-0.25, -0.2) is 4.79 Å². The third-order valence-corrected chi connectivity index (χ3v) is 2.64. The number of aliphatic carboxylic acids is 1. The fraction of sp³-hybridized carbons (Fsp3) is 0.833. The highest BCUT2D eigenvalue weighted by Gasteiger charge is 2.32. The first-order valence-electron chi connectivity index (χ1n) is 6.53. The van der Waals surface area contributed by atoms with Gasteiger partial charge in [-0.1, -0.05) is 20.3 Å². The van der Waals surface area contributed by atoms with Gasteiger partial charge in [0.25, 0.3) is 0 Å². The molecule has 0 aromatic rings. The van der Waals surface area contributed by atoms with Gasteiger partial charge in [0, 0.05) is 13.1 Å². The standard InChI is InChI=1S/C12H21F3N2O3/c1-3-5-9(10(18)19)7-16-11(20)17(6-4-2)8-12(13,14)15/h9H,3-8H2,1-2H3,(H,16,20)(H,18,19). The summed E-state index contributed by atoms with van der Waals surface area (Å²) in [5, 5.41) is 11.2. The summed E-state index contributed by atoms with van der Waals surface area (Å²) in [5.41, 5.74) is 0. The van der Waals surface area contributed by atoms with Crippen LogP contribution in [-0.2, 0) is 4.79 Å². The Bertz CT molecular complexity index is 322. The molecule has 1 atom stereocenters. The Morgan fingerprint density at radius 1 is 1.25 bits per heavy atom. The maximum Gasteiger partial charge on any atom is 0.406 e. The molecule has 2 amide bonds. The minimum atomic E-state index is -4.47. The number of hydrogen-bond donors (Lipinski definition) is 2. The number of hydrogen-bond acceptors (Lipinski definition) is 2. The van der Waals surface area contributed by atoms with Crippen LogP contribution in [0.5, 0.6) is 0 Å². The molecule has 20 heavy (non-hydrogen) atoms. The molecule has 0 aromatic carbocycles. The predicted molar refractivity (Wildman–Crippen MR) is 67.4 cm³/mol. The number of urea groups is 1. The summed E-state index contributed by atoms with van der Waals surface area (Å²) in [7, 11) is 0. The van der Waals surface area contributed by atoms with Crippen LogP contribution in [-0.4, -0.2) is 47.8 Å². The van der Waals surface area contributed by atoms with Gasteiger partial charge in [-0.3, -0.25) is 4.79 Å². The maximum absolute atomic E-state index is 12.3. The lowest BCUT2D eigenvalue weighted by Crippen LogP contribution is -2.46. The molecule has 0 radical (unpaired) electrons. The van der Waals surface area contributed by atoms with Crippen LogP contribution in [0.3, 0.4) is 0 Å². The van der Waals surface area contributed by atoms with Crippen LogP contribution in [0.25, 0.3) is 0 Å². The molecule has 0 aromatic heterocycles. The summed E-state index contributed by atoms with van der Waals surface area (Å²) in [6, 6.07) is -0.883. The van der Waals surface area contributed by atoms with Gasteiger partial charge in [-0.05, 0) is 12.8 Å². The Labute approximate surface area is 116 Å². The maximum atomic E-state index is 12.3. The molecule has 8 heteroatoms. The van der Waals surface area contributed by atoms with Gasteiger partial charge in [0.05, 0.1) is 5.92 Å². The van der Waals surface area contributed by atoms with Crippen LogP contribution in [0.4, 0.5) is 18.0 Å². The van der Waals surface area contributed by atoms with Gasteiger partial charge >= 0.3 is 18.2 Å². The van der Waals surface area contributed by atoms with Crippen molar-refractivity contribution in [1.82, 2.24) is 10.2 Å². The second kappa shape index (κ2) is 8.65. The average molecular weight is 298 g/mol. The van der Waals surface area contributed by atoms with Crippen LogP contribution in [0.2, 0.25) is 0 Å². The largest absolute Gasteiger partial charge is 0.481 e. The molecule has 118 valence electrons. The second-order valence-electron chi connectivity index (χ2n) is 4.55. The highest BCUT2D eigenvalue weighted by molar-refractivity contribution is 5.76. The number of rotatable bonds is 8. The lowest BCUT2D eigenvalue weighted by molar-refractivity contribution is -0.142. The van der Waals surface area contributed by atoms with Crippen LogP contribution < -0.4 is 5.32 Å². The minimum absolute atomic E-state index is 0.0309. The number of carboxylic acids is 1. The molecule has 0 fully saturated rings. The highest BCUT2D eigenvalue weighted by atomic mass is 19.4. The number of nitrogens with one attached hydrogen (secondary N) is 1. The molecule has 0 aliphatic heterocycles. The van der Waals surface area contributed by atoms with Gasteiger partial charge < -0.3 is 15.3 Å². The smallest absolute Gasteiger partial charge is 0.406 e. The minimum Gasteiger partial charge on any atom is -0.481 e. The van der Waals surface area contributed by atoms with Crippen LogP contribution in [0.15, 0.2) is 0 Å². The molecule has 0 rings (SSSR count). The number of amides is 2. The van der Waals surface area contributed by atoms with E-state index in [0.717, 1.165) is 0 Å². The van der Waals surface area contributed by atoms with E-state index in [9.17, 15) is 22.8 Å². The van der Waals surface area contributed by atoms with Gasteiger partial charge in [0.15, 0.2) is 0 Å². The lowest BCUT2D eigenvalue weighted by Gasteiger charge is -2.24. The molecule has 0 bridgehead atoms. The van der Waals surface area contributed by atoms with Gasteiger partial charge in [0.1, 0.15) is 6.54 Å². The van der Waals surface area contributed by atoms with Crippen molar-refractivity contribution in [2.45, 2.75) is 39.3 Å². The van der Waals surface area contributed by atoms with E-state index < -0.39 is 30.6 Å². The van der Waals surface area contributed by atoms with E-state index in [1.165, 1.54) is 0 Å². The number of carboxylic acid groups (broad SMARTS) is 1. The third-order valence-electron chi connectivity index (χ3n) is 2.64. The van der Waals surface area contributed by atoms with Gasteiger partial charge in [0.2, 0.25) is 0 Å². The van der Waals surface area contributed by atoms with E-state index in [1.807, 2.05) is 0 Å². The van der Waals surface area contributed by atoms with E-state index in [-0.39, 0.29) is 13.1 Å². The number of nitrogens with zero attached hydrogens (tertiary/aromatic N) is 1. The predicted octanol–water partition coefficient (Wildman–Crippen LogP) is 2.47. The van der Waals surface area contributed by atoms with Crippen molar-refractivity contribution in [2.75, 3.05) is 19.6 Å². The normalized spacial score (nSPS) is 12.8. The van der Waals surface area contributed by atoms with Gasteiger partial charge in [-0.15, -0.1) is 0 Å². The molecule has 5 nitrogen and oxygen atoms in total. The number of halogens is 3. The number of carbonyl (C=O) groups is 2. The van der Waals surface area contributed by atoms with Crippen LogP contribution >= 0.6 is 0 Å². The van der Waals surface area contributed by atoms with E-state index in [2.05, 4.69) is 5.32 Å². The SMILES string of the molecule is CCCC(CNC(=O)N(CCC)CC(F)(F)F)C(=O)O. The zero-order chi connectivity index (χ0) is 15.8. The molecule has 1 unspecified atom stereocenters. The number of alkyl halides is 3. The molecule has 0 heterocycles. The van der Waals surface area contributed by atoms with E-state index >= 15 is 0 Å². The summed E-state index contributed by atoms with van der Waals surface area (Å²) < 4.78 is 37.0. The zero-order valence-corrected chi connectivity index (χ0v) is 11.7. The van der Waals surface area contributed by atoms with Crippen LogP contribution in [0.1, 0.15) is 33.1 Å². The second-order valence-corrected chi connectivity index (χ2v) is 4.55. The van der Waals surface area contributed by atoms with Crippen molar-refractivity contribution < 1.29 is 27.9 Å². The monoisotopic (exact) mass is 298 g/mol. The van der Waals surface area contributed by atoms with Crippen molar-refractivity contribution in [2.24, 2.45) is 5.92 Å². The van der Waals surface area contributed by atoms with Crippen molar-refractivity contribution in [1.29, 1.82) is 0 Å². The Morgan fingerprint density at radius 3 is 2.25 bits per heavy atom. The molecule has 0 aliphatic carbocycles. The topological polar surface area (TPSA) is 69.6 Å². The molecular formula is C12H21F3N2O3. The van der Waals surface area contributed by atoms with Crippen molar-refractivity contribution in [3.63, 3.8) is 0 Å². The highest BCUT2D eigenvalue weighted by Crippen LogP contribution is 2.16. The quantitative estimate of drug-likeness (QED) is 0.723. The fourth-order valence-electron chi connectivity index (χ4n) is 1.72. The molecule has 0 saturated carbocycles. The summed E-state index contributed by atoms with van der Waals surface area (Å²) in [6.45, 7) is 1.92. The first-order chi connectivity index (χ1) is 9.21. The summed E-state index contributed by atoms with van der Waals surface area (Å²) in [5.74, 6) is -1.84. The zero-order valence-electron chi connectivity index (χ0n) is 11.7. The van der Waals surface area contributed by atoms with E-state index in [0.29, 0.717) is 24.2 Å². The molecule has 0 saturated heterocycles. The molecule has 2 N–H and O–H groups in total. The third kappa shape index (κ3) is 7.85. The van der Waals surface area contributed by atoms with Gasteiger partial charge in [-0.2, -0.15) is 13.2 Å². The molecule has 0 aliphatic rings. The van der Waals surface area contributed by atoms with Crippen molar-refractivity contribution in [3.8, 4) is 0 Å². The van der Waals surface area contributed by atoms with E-state index in [4.69, 9.17) is 5.11 Å². The Hall–Kier alpha value is -1.47. The average Bonchev–Trinajstić information content (AvgIpc) is 2.31. The van der Waals surface area contributed by atoms with Crippen LogP contribution in [0, 0.1) is 5.92 Å². The first-order valence-corrected chi connectivity index (χ1v) is 6.53.